The summed E-state index contributed by atoms with van der Waals surface area (Å²) in [5.41, 5.74) is 6.15. The predicted molar refractivity (Wildman–Crippen MR) is 86.1 cm³/mol. The summed E-state index contributed by atoms with van der Waals surface area (Å²) in [7, 11) is -4.17. The van der Waals surface area contributed by atoms with E-state index in [0.29, 0.717) is 16.3 Å². The lowest BCUT2D eigenvalue weighted by molar-refractivity contribution is -0.117. The van der Waals surface area contributed by atoms with Gasteiger partial charge in [0.25, 0.3) is 5.91 Å². The first-order valence-electron chi connectivity index (χ1n) is 7.88. The normalized spacial score (nSPS) is 26.4. The van der Waals surface area contributed by atoms with E-state index in [9.17, 15) is 22.7 Å². The van der Waals surface area contributed by atoms with Crippen molar-refractivity contribution in [2.45, 2.75) is 38.1 Å². The van der Waals surface area contributed by atoms with Crippen LogP contribution in [0.25, 0.3) is 0 Å². The van der Waals surface area contributed by atoms with Crippen LogP contribution in [0.3, 0.4) is 0 Å². The van der Waals surface area contributed by atoms with Gasteiger partial charge in [-0.3, -0.25) is 4.79 Å². The van der Waals surface area contributed by atoms with E-state index in [1.54, 1.807) is 4.72 Å². The van der Waals surface area contributed by atoms with E-state index in [-0.39, 0.29) is 12.0 Å². The highest BCUT2D eigenvalue weighted by Gasteiger charge is 2.37. The first kappa shape index (κ1) is 17.0. The Labute approximate surface area is 139 Å². The van der Waals surface area contributed by atoms with E-state index in [0.717, 1.165) is 25.7 Å². The van der Waals surface area contributed by atoms with Crippen molar-refractivity contribution in [2.24, 2.45) is 11.7 Å². The number of carbonyl (C=O) groups excluding carboxylic acids is 1. The van der Waals surface area contributed by atoms with Crippen molar-refractivity contribution in [1.29, 1.82) is 0 Å². The molecule has 2 atom stereocenters. The Balaban J connectivity index is 1.88. The third kappa shape index (κ3) is 3.18. The number of phenolic OH excluding ortho intramolecular Hbond substituents is 1. The third-order valence-corrected chi connectivity index (χ3v) is 6.02. The zero-order valence-electron chi connectivity index (χ0n) is 13.0. The summed E-state index contributed by atoms with van der Waals surface area (Å²) in [6.07, 6.45) is 4.56. The lowest BCUT2D eigenvalue weighted by Crippen LogP contribution is -2.34. The highest BCUT2D eigenvalue weighted by Crippen LogP contribution is 2.36. The smallest absolute Gasteiger partial charge is 0.326 e. The Hall–Kier alpha value is -1.87. The molecule has 132 valence electrons. The number of aromatic hydroxyl groups is 1. The van der Waals surface area contributed by atoms with E-state index in [1.807, 2.05) is 0 Å². The number of amides is 1. The molecule has 1 aromatic carbocycles. The summed E-state index contributed by atoms with van der Waals surface area (Å²) < 4.78 is 40.4. The van der Waals surface area contributed by atoms with Crippen LogP contribution in [0.1, 0.15) is 31.2 Å². The first-order valence-corrected chi connectivity index (χ1v) is 9.32. The summed E-state index contributed by atoms with van der Waals surface area (Å²) in [6, 6.07) is 2.59. The van der Waals surface area contributed by atoms with Gasteiger partial charge >= 0.3 is 10.2 Å². The minimum absolute atomic E-state index is 0.0458. The van der Waals surface area contributed by atoms with Gasteiger partial charge in [-0.1, -0.05) is 12.8 Å². The van der Waals surface area contributed by atoms with Crippen molar-refractivity contribution < 1.29 is 22.7 Å². The van der Waals surface area contributed by atoms with Crippen LogP contribution in [0, 0.1) is 11.7 Å². The number of nitrogens with zero attached hydrogens (tertiary/aromatic N) is 1. The molecule has 1 saturated heterocycles. The molecule has 0 radical (unpaired) electrons. The first-order chi connectivity index (χ1) is 11.3. The SMILES string of the molecule is NC1CCCCC1Cc1cc(O)c(N2CC(=O)NS2(=O)=O)c(F)c1. The predicted octanol–water partition coefficient (Wildman–Crippen LogP) is 0.772. The van der Waals surface area contributed by atoms with Gasteiger partial charge in [0.05, 0.1) is 0 Å². The fraction of sp³-hybridized carbons (Fsp3) is 0.533. The summed E-state index contributed by atoms with van der Waals surface area (Å²) in [5.74, 6) is -1.95. The number of carbonyl (C=O) groups is 1. The molecular weight excluding hydrogens is 337 g/mol. The Morgan fingerprint density at radius 1 is 1.33 bits per heavy atom. The molecule has 1 saturated carbocycles. The maximum Gasteiger partial charge on any atom is 0.326 e. The molecule has 2 unspecified atom stereocenters. The number of anilines is 1. The van der Waals surface area contributed by atoms with Gasteiger partial charge in [0.2, 0.25) is 0 Å². The fourth-order valence-electron chi connectivity index (χ4n) is 3.44. The van der Waals surface area contributed by atoms with Crippen LogP contribution in [0.4, 0.5) is 10.1 Å². The van der Waals surface area contributed by atoms with Crippen LogP contribution in [0.2, 0.25) is 0 Å². The lowest BCUT2D eigenvalue weighted by atomic mass is 9.81. The Morgan fingerprint density at radius 3 is 2.62 bits per heavy atom. The van der Waals surface area contributed by atoms with E-state index in [2.05, 4.69) is 0 Å². The van der Waals surface area contributed by atoms with Crippen molar-refractivity contribution in [3.63, 3.8) is 0 Å². The minimum atomic E-state index is -4.17. The van der Waals surface area contributed by atoms with Gasteiger partial charge in [-0.05, 0) is 42.9 Å². The van der Waals surface area contributed by atoms with Gasteiger partial charge in [0.15, 0.2) is 5.82 Å². The Bertz CT molecular complexity index is 745. The lowest BCUT2D eigenvalue weighted by Gasteiger charge is -2.28. The summed E-state index contributed by atoms with van der Waals surface area (Å²) in [6.45, 7) is -0.556. The largest absolute Gasteiger partial charge is 0.506 e. The maximum absolute atomic E-state index is 14.4. The summed E-state index contributed by atoms with van der Waals surface area (Å²) >= 11 is 0. The van der Waals surface area contributed by atoms with Crippen LogP contribution in [0.5, 0.6) is 5.75 Å². The average molecular weight is 357 g/mol. The summed E-state index contributed by atoms with van der Waals surface area (Å²) in [5, 5.41) is 10.1. The molecule has 2 fully saturated rings. The molecule has 3 rings (SSSR count). The van der Waals surface area contributed by atoms with E-state index >= 15 is 0 Å². The molecule has 4 N–H and O–H groups in total. The molecule has 0 aromatic heterocycles. The van der Waals surface area contributed by atoms with Crippen molar-refractivity contribution in [1.82, 2.24) is 4.72 Å². The Kier molecular flexibility index (Phi) is 4.39. The second-order valence-electron chi connectivity index (χ2n) is 6.39. The van der Waals surface area contributed by atoms with Crippen LogP contribution in [-0.4, -0.2) is 32.0 Å². The number of hydrogen-bond acceptors (Lipinski definition) is 5. The highest BCUT2D eigenvalue weighted by molar-refractivity contribution is 7.92. The zero-order valence-corrected chi connectivity index (χ0v) is 13.9. The molecule has 1 amide bonds. The molecule has 7 nitrogen and oxygen atoms in total. The quantitative estimate of drug-likeness (QED) is 0.740. The van der Waals surface area contributed by atoms with E-state index in [4.69, 9.17) is 5.73 Å². The van der Waals surface area contributed by atoms with Crippen LogP contribution >= 0.6 is 0 Å². The summed E-state index contributed by atoms with van der Waals surface area (Å²) in [4.78, 5) is 11.3. The molecule has 1 heterocycles. The van der Waals surface area contributed by atoms with Crippen LogP contribution in [-0.2, 0) is 21.4 Å². The van der Waals surface area contributed by atoms with Gasteiger partial charge in [-0.25, -0.2) is 13.4 Å². The van der Waals surface area contributed by atoms with Crippen LogP contribution in [0.15, 0.2) is 12.1 Å². The number of nitrogens with one attached hydrogen (secondary N) is 1. The molecule has 24 heavy (non-hydrogen) atoms. The Morgan fingerprint density at radius 2 is 2.04 bits per heavy atom. The van der Waals surface area contributed by atoms with Gasteiger partial charge in [-0.15, -0.1) is 0 Å². The van der Waals surface area contributed by atoms with E-state index < -0.39 is 39.9 Å². The highest BCUT2D eigenvalue weighted by atomic mass is 32.2. The number of rotatable bonds is 3. The molecule has 2 aliphatic rings. The van der Waals surface area contributed by atoms with Crippen molar-refractivity contribution >= 4 is 21.8 Å². The third-order valence-electron chi connectivity index (χ3n) is 4.64. The maximum atomic E-state index is 14.4. The van der Waals surface area contributed by atoms with Gasteiger partial charge < -0.3 is 10.8 Å². The number of phenols is 1. The molecule has 1 aliphatic carbocycles. The number of nitrogens with two attached hydrogens (primary N) is 1. The van der Waals surface area contributed by atoms with Gasteiger partial charge in [0, 0.05) is 6.04 Å². The molecule has 0 bridgehead atoms. The molecule has 1 aliphatic heterocycles. The van der Waals surface area contributed by atoms with Gasteiger partial charge in [0.1, 0.15) is 18.0 Å². The fourth-order valence-corrected chi connectivity index (χ4v) is 4.61. The molecule has 9 heteroatoms. The number of benzene rings is 1. The molecule has 0 spiro atoms. The number of halogens is 1. The van der Waals surface area contributed by atoms with Crippen molar-refractivity contribution in [2.75, 3.05) is 10.8 Å². The van der Waals surface area contributed by atoms with Crippen LogP contribution < -0.4 is 14.8 Å². The molecular formula is C15H20FN3O4S. The standard InChI is InChI=1S/C15H20FN3O4S/c16-11-6-9(5-10-3-1-2-4-12(10)17)7-13(20)15(11)19-8-14(21)18-24(19,22)23/h6-7,10,12,20H,1-5,8,17H2,(H,18,21). The van der Waals surface area contributed by atoms with Gasteiger partial charge in [-0.2, -0.15) is 8.42 Å². The molecule has 1 aromatic rings. The average Bonchev–Trinajstić information content (AvgIpc) is 2.73. The minimum Gasteiger partial charge on any atom is -0.506 e. The number of hydrogen-bond donors (Lipinski definition) is 3. The van der Waals surface area contributed by atoms with Crippen molar-refractivity contribution in [3.05, 3.63) is 23.5 Å². The second kappa shape index (κ2) is 6.21. The van der Waals surface area contributed by atoms with Crippen molar-refractivity contribution in [3.8, 4) is 5.75 Å². The monoisotopic (exact) mass is 357 g/mol. The topological polar surface area (TPSA) is 113 Å². The zero-order chi connectivity index (χ0) is 17.5. The second-order valence-corrected chi connectivity index (χ2v) is 7.99. The van der Waals surface area contributed by atoms with E-state index in [1.165, 1.54) is 12.1 Å².